The van der Waals surface area contributed by atoms with Crippen molar-refractivity contribution in [1.29, 1.82) is 0 Å². The summed E-state index contributed by atoms with van der Waals surface area (Å²) in [6, 6.07) is 25.6. The molecule has 0 bridgehead atoms. The first-order valence-corrected chi connectivity index (χ1v) is 12.6. The molecule has 1 aliphatic rings. The Balaban J connectivity index is 1.56. The Morgan fingerprint density at radius 2 is 1.42 bits per heavy atom. The second-order valence-electron chi connectivity index (χ2n) is 8.16. The monoisotopic (exact) mass is 465 g/mol. The van der Waals surface area contributed by atoms with Gasteiger partial charge < -0.3 is 10.0 Å². The third-order valence-electron chi connectivity index (χ3n) is 5.78. The van der Waals surface area contributed by atoms with E-state index < -0.39 is 16.0 Å². The second kappa shape index (κ2) is 9.64. The van der Waals surface area contributed by atoms with Gasteiger partial charge in [0.2, 0.25) is 10.0 Å². The summed E-state index contributed by atoms with van der Waals surface area (Å²) in [6.45, 7) is 2.85. The largest absolute Gasteiger partial charge is 0.478 e. The van der Waals surface area contributed by atoms with Crippen LogP contribution in [0.4, 0.5) is 11.4 Å². The fourth-order valence-corrected chi connectivity index (χ4v) is 4.92. The third-order valence-corrected chi connectivity index (χ3v) is 6.39. The number of piperazine rings is 1. The van der Waals surface area contributed by atoms with Gasteiger partial charge in [-0.2, -0.15) is 0 Å². The standard InChI is InChI=1S/C25H27N3O4S/c1-33(31,32)26-21-12-13-23(22(18-21)25(29)30)27-14-16-28(17-15-27)24(19-8-4-2-5-9-19)20-10-6-3-7-11-20/h2-13,18,24,26H,14-17H2,1H3,(H,29,30). The van der Waals surface area contributed by atoms with Crippen molar-refractivity contribution in [2.45, 2.75) is 6.04 Å². The number of rotatable bonds is 7. The molecule has 8 heteroatoms. The molecule has 172 valence electrons. The van der Waals surface area contributed by atoms with E-state index >= 15 is 0 Å². The van der Waals surface area contributed by atoms with Crippen LogP contribution in [0.25, 0.3) is 0 Å². The van der Waals surface area contributed by atoms with Crippen LogP contribution in [0.15, 0.2) is 78.9 Å². The summed E-state index contributed by atoms with van der Waals surface area (Å²) in [5.74, 6) is -1.09. The zero-order valence-corrected chi connectivity index (χ0v) is 19.2. The fraction of sp³-hybridized carbons (Fsp3) is 0.240. The molecule has 7 nitrogen and oxygen atoms in total. The van der Waals surface area contributed by atoms with Crippen molar-refractivity contribution in [3.05, 3.63) is 95.6 Å². The summed E-state index contributed by atoms with van der Waals surface area (Å²) in [7, 11) is -3.49. The predicted octanol–water partition coefficient (Wildman–Crippen LogP) is 3.67. The van der Waals surface area contributed by atoms with E-state index in [1.54, 1.807) is 12.1 Å². The highest BCUT2D eigenvalue weighted by Crippen LogP contribution is 2.32. The highest BCUT2D eigenvalue weighted by molar-refractivity contribution is 7.92. The maximum atomic E-state index is 11.9. The van der Waals surface area contributed by atoms with Crippen molar-refractivity contribution in [3.63, 3.8) is 0 Å². The fourth-order valence-electron chi connectivity index (χ4n) is 4.37. The average Bonchev–Trinajstić information content (AvgIpc) is 2.80. The Labute approximate surface area is 194 Å². The number of hydrogen-bond acceptors (Lipinski definition) is 5. The number of carboxylic acid groups (broad SMARTS) is 1. The molecular formula is C25H27N3O4S. The van der Waals surface area contributed by atoms with E-state index in [1.807, 2.05) is 36.4 Å². The van der Waals surface area contributed by atoms with Gasteiger partial charge in [0.15, 0.2) is 0 Å². The van der Waals surface area contributed by atoms with Crippen LogP contribution >= 0.6 is 0 Å². The van der Waals surface area contributed by atoms with E-state index in [9.17, 15) is 18.3 Å². The van der Waals surface area contributed by atoms with Gasteiger partial charge >= 0.3 is 5.97 Å². The van der Waals surface area contributed by atoms with Crippen LogP contribution in [0, 0.1) is 0 Å². The predicted molar refractivity (Wildman–Crippen MR) is 130 cm³/mol. The van der Waals surface area contributed by atoms with Crippen molar-refractivity contribution < 1.29 is 18.3 Å². The van der Waals surface area contributed by atoms with Crippen LogP contribution in [0.2, 0.25) is 0 Å². The molecule has 1 heterocycles. The maximum Gasteiger partial charge on any atom is 0.337 e. The topological polar surface area (TPSA) is 90.0 Å². The molecule has 3 aromatic carbocycles. The Bertz CT molecular complexity index is 1170. The lowest BCUT2D eigenvalue weighted by molar-refractivity contribution is 0.0697. The lowest BCUT2D eigenvalue weighted by atomic mass is 9.96. The number of carboxylic acids is 1. The Morgan fingerprint density at radius 1 is 0.879 bits per heavy atom. The first-order valence-electron chi connectivity index (χ1n) is 10.8. The van der Waals surface area contributed by atoms with E-state index in [-0.39, 0.29) is 17.3 Å². The van der Waals surface area contributed by atoms with Crippen molar-refractivity contribution in [3.8, 4) is 0 Å². The Kier molecular flexibility index (Phi) is 6.67. The number of benzene rings is 3. The molecule has 0 amide bonds. The van der Waals surface area contributed by atoms with E-state index in [0.29, 0.717) is 18.8 Å². The molecule has 0 atom stereocenters. The normalized spacial score (nSPS) is 14.9. The maximum absolute atomic E-state index is 11.9. The van der Waals surface area contributed by atoms with Crippen LogP contribution in [-0.2, 0) is 10.0 Å². The smallest absolute Gasteiger partial charge is 0.337 e. The molecule has 33 heavy (non-hydrogen) atoms. The number of anilines is 2. The minimum Gasteiger partial charge on any atom is -0.478 e. The van der Waals surface area contributed by atoms with Gasteiger partial charge in [0, 0.05) is 31.9 Å². The molecule has 1 saturated heterocycles. The summed E-state index contributed by atoms with van der Waals surface area (Å²) >= 11 is 0. The average molecular weight is 466 g/mol. The van der Waals surface area contributed by atoms with Gasteiger partial charge in [-0.15, -0.1) is 0 Å². The second-order valence-corrected chi connectivity index (χ2v) is 9.91. The first kappa shape index (κ1) is 22.8. The van der Waals surface area contributed by atoms with Gasteiger partial charge in [-0.3, -0.25) is 9.62 Å². The minimum absolute atomic E-state index is 0.0831. The molecule has 0 radical (unpaired) electrons. The zero-order valence-electron chi connectivity index (χ0n) is 18.4. The van der Waals surface area contributed by atoms with Crippen LogP contribution < -0.4 is 9.62 Å². The van der Waals surface area contributed by atoms with E-state index in [4.69, 9.17) is 0 Å². The SMILES string of the molecule is CS(=O)(=O)Nc1ccc(N2CCN(C(c3ccccc3)c3ccccc3)CC2)c(C(=O)O)c1. The van der Waals surface area contributed by atoms with Crippen LogP contribution in [0.5, 0.6) is 0 Å². The quantitative estimate of drug-likeness (QED) is 0.553. The van der Waals surface area contributed by atoms with Crippen LogP contribution in [0.3, 0.4) is 0 Å². The molecule has 3 aromatic rings. The van der Waals surface area contributed by atoms with Gasteiger partial charge in [-0.25, -0.2) is 13.2 Å². The zero-order chi connectivity index (χ0) is 23.4. The van der Waals surface area contributed by atoms with Gasteiger partial charge in [0.25, 0.3) is 0 Å². The molecule has 0 saturated carbocycles. The van der Waals surface area contributed by atoms with Crippen LogP contribution in [-0.4, -0.2) is 56.8 Å². The van der Waals surface area contributed by atoms with Gasteiger partial charge in [-0.1, -0.05) is 60.7 Å². The lowest BCUT2D eigenvalue weighted by Gasteiger charge is -2.41. The molecule has 1 aliphatic heterocycles. The molecule has 2 N–H and O–H groups in total. The number of nitrogens with zero attached hydrogens (tertiary/aromatic N) is 2. The van der Waals surface area contributed by atoms with Crippen molar-refractivity contribution in [2.24, 2.45) is 0 Å². The molecule has 1 fully saturated rings. The number of aromatic carboxylic acids is 1. The van der Waals surface area contributed by atoms with E-state index in [0.717, 1.165) is 19.3 Å². The summed E-state index contributed by atoms with van der Waals surface area (Å²) < 4.78 is 25.4. The summed E-state index contributed by atoms with van der Waals surface area (Å²) in [5.41, 5.74) is 3.36. The summed E-state index contributed by atoms with van der Waals surface area (Å²) in [4.78, 5) is 16.4. The minimum atomic E-state index is -3.49. The van der Waals surface area contributed by atoms with Crippen molar-refractivity contribution in [2.75, 3.05) is 42.1 Å². The number of carbonyl (C=O) groups is 1. The van der Waals surface area contributed by atoms with Gasteiger partial charge in [0.05, 0.1) is 23.5 Å². The van der Waals surface area contributed by atoms with Gasteiger partial charge in [0.1, 0.15) is 0 Å². The molecule has 4 rings (SSSR count). The molecule has 0 aliphatic carbocycles. The third kappa shape index (κ3) is 5.53. The number of hydrogen-bond donors (Lipinski definition) is 2. The van der Waals surface area contributed by atoms with Crippen molar-refractivity contribution in [1.82, 2.24) is 4.90 Å². The Morgan fingerprint density at radius 3 is 1.91 bits per heavy atom. The first-order chi connectivity index (χ1) is 15.8. The molecular weight excluding hydrogens is 438 g/mol. The lowest BCUT2D eigenvalue weighted by Crippen LogP contribution is -2.48. The summed E-state index contributed by atoms with van der Waals surface area (Å²) in [5, 5.41) is 9.74. The van der Waals surface area contributed by atoms with Crippen LogP contribution in [0.1, 0.15) is 27.5 Å². The van der Waals surface area contributed by atoms with Gasteiger partial charge in [-0.05, 0) is 29.3 Å². The molecule has 0 spiro atoms. The highest BCUT2D eigenvalue weighted by atomic mass is 32.2. The number of nitrogens with one attached hydrogen (secondary N) is 1. The van der Waals surface area contributed by atoms with E-state index in [1.165, 1.54) is 17.2 Å². The Hall–Kier alpha value is -3.36. The molecule has 0 unspecified atom stereocenters. The van der Waals surface area contributed by atoms with Crippen molar-refractivity contribution >= 4 is 27.4 Å². The molecule has 0 aromatic heterocycles. The number of sulfonamides is 1. The highest BCUT2D eigenvalue weighted by Gasteiger charge is 2.28. The van der Waals surface area contributed by atoms with E-state index in [2.05, 4.69) is 38.8 Å². The summed E-state index contributed by atoms with van der Waals surface area (Å²) in [6.07, 6.45) is 1.04.